The number of nitrogens with zero attached hydrogens (tertiary/aromatic N) is 2. The maximum absolute atomic E-state index is 12.9. The first-order valence-corrected chi connectivity index (χ1v) is 11.9. The van der Waals surface area contributed by atoms with Crippen molar-refractivity contribution in [3.05, 3.63) is 12.1 Å². The second kappa shape index (κ2) is 10.5. The number of morpholine rings is 1. The smallest absolute Gasteiger partial charge is 0.243 e. The summed E-state index contributed by atoms with van der Waals surface area (Å²) in [6, 6.07) is 3.98. The summed E-state index contributed by atoms with van der Waals surface area (Å²) in [5.74, 6) is 0.709. The van der Waals surface area contributed by atoms with Crippen molar-refractivity contribution in [1.82, 2.24) is 10.5 Å². The lowest BCUT2D eigenvalue weighted by atomic mass is 9.79. The monoisotopic (exact) mass is 462 g/mol. The van der Waals surface area contributed by atoms with Crippen LogP contribution in [0.15, 0.2) is 12.1 Å². The van der Waals surface area contributed by atoms with E-state index < -0.39 is 0 Å². The number of hydrogen-bond donors (Lipinski definition) is 3. The molecule has 1 aliphatic heterocycles. The summed E-state index contributed by atoms with van der Waals surface area (Å²) in [6.07, 6.45) is 4.46. The minimum absolute atomic E-state index is 0.00231. The molecule has 2 aromatic rings. The molecule has 10 heteroatoms. The Labute approximate surface area is 191 Å². The number of carbonyl (C=O) groups excluding carboxylic acids is 2. The van der Waals surface area contributed by atoms with Gasteiger partial charge in [0.1, 0.15) is 11.3 Å². The van der Waals surface area contributed by atoms with Crippen LogP contribution in [-0.2, 0) is 14.3 Å². The number of ether oxygens (including phenoxy) is 2. The van der Waals surface area contributed by atoms with Crippen molar-refractivity contribution in [2.75, 3.05) is 43.6 Å². The summed E-state index contributed by atoms with van der Waals surface area (Å²) in [6.45, 7) is 3.04. The Bertz CT molecular complexity index is 951. The Morgan fingerprint density at radius 1 is 1.25 bits per heavy atom. The minimum atomic E-state index is -0.354. The molecule has 2 heterocycles. The molecule has 0 unspecified atom stereocenters. The van der Waals surface area contributed by atoms with Gasteiger partial charge in [0.25, 0.3) is 0 Å². The Morgan fingerprint density at radius 3 is 2.69 bits per heavy atom. The van der Waals surface area contributed by atoms with E-state index in [1.54, 1.807) is 12.6 Å². The van der Waals surface area contributed by atoms with Crippen molar-refractivity contribution in [3.8, 4) is 5.75 Å². The number of rotatable bonds is 7. The van der Waals surface area contributed by atoms with Crippen LogP contribution in [-0.4, -0.2) is 55.4 Å². The van der Waals surface area contributed by atoms with E-state index in [0.717, 1.165) is 61.1 Å². The van der Waals surface area contributed by atoms with E-state index in [9.17, 15) is 9.59 Å². The lowest BCUT2D eigenvalue weighted by Gasteiger charge is -2.29. The molecule has 1 aromatic heterocycles. The highest BCUT2D eigenvalue weighted by atomic mass is 32.1. The molecule has 2 aliphatic rings. The van der Waals surface area contributed by atoms with Gasteiger partial charge in [0, 0.05) is 25.4 Å². The third kappa shape index (κ3) is 5.13. The van der Waals surface area contributed by atoms with Crippen LogP contribution in [0.1, 0.15) is 38.5 Å². The van der Waals surface area contributed by atoms with Gasteiger partial charge in [-0.2, -0.15) is 0 Å². The van der Waals surface area contributed by atoms with E-state index in [0.29, 0.717) is 36.4 Å². The van der Waals surface area contributed by atoms with Crippen LogP contribution in [0.4, 0.5) is 10.8 Å². The second-order valence-electron chi connectivity index (χ2n) is 8.36. The predicted octanol–water partition coefficient (Wildman–Crippen LogP) is 3.17. The molecular weight excluding hydrogens is 432 g/mol. The van der Waals surface area contributed by atoms with Crippen molar-refractivity contribution >= 4 is 44.2 Å². The summed E-state index contributed by atoms with van der Waals surface area (Å²) in [7, 11) is 1.63. The van der Waals surface area contributed by atoms with Crippen LogP contribution < -0.4 is 20.4 Å². The standard InChI is InChI=1S/C22H30N4O5S/c1-30-17-8-7-16(26-10-12-31-13-11-26)20-19(17)23-22(32-20)24-21(28)15-5-2-14(3-6-15)4-9-18(27)25-29/h7-8,14-15,29H,2-6,9-13H2,1H3,(H,25,27)(H,23,24,28). The highest BCUT2D eigenvalue weighted by Crippen LogP contribution is 2.40. The van der Waals surface area contributed by atoms with E-state index in [1.807, 2.05) is 6.07 Å². The molecule has 4 rings (SSSR count). The fourth-order valence-electron chi connectivity index (χ4n) is 4.55. The third-order valence-electron chi connectivity index (χ3n) is 6.41. The van der Waals surface area contributed by atoms with E-state index in [1.165, 1.54) is 11.3 Å². The zero-order valence-electron chi connectivity index (χ0n) is 18.3. The number of methoxy groups -OCH3 is 1. The highest BCUT2D eigenvalue weighted by molar-refractivity contribution is 7.23. The number of benzene rings is 1. The number of fused-ring (bicyclic) bond motifs is 1. The van der Waals surface area contributed by atoms with Crippen molar-refractivity contribution in [2.24, 2.45) is 11.8 Å². The molecule has 0 bridgehead atoms. The summed E-state index contributed by atoms with van der Waals surface area (Å²) >= 11 is 1.48. The van der Waals surface area contributed by atoms with Crippen molar-refractivity contribution in [1.29, 1.82) is 0 Å². The van der Waals surface area contributed by atoms with Crippen molar-refractivity contribution in [3.63, 3.8) is 0 Å². The predicted molar refractivity (Wildman–Crippen MR) is 122 cm³/mol. The van der Waals surface area contributed by atoms with Crippen molar-refractivity contribution in [2.45, 2.75) is 38.5 Å². The first-order chi connectivity index (χ1) is 15.6. The highest BCUT2D eigenvalue weighted by Gasteiger charge is 2.28. The zero-order valence-corrected chi connectivity index (χ0v) is 19.1. The number of nitrogens with one attached hydrogen (secondary N) is 2. The van der Waals surface area contributed by atoms with E-state index in [-0.39, 0.29) is 17.7 Å². The SMILES string of the molecule is COc1ccc(N2CCOCC2)c2sc(NC(=O)C3CCC(CCC(=O)NO)CC3)nc12. The zero-order chi connectivity index (χ0) is 22.5. The Morgan fingerprint density at radius 2 is 2.00 bits per heavy atom. The average Bonchev–Trinajstić information content (AvgIpc) is 3.26. The summed E-state index contributed by atoms with van der Waals surface area (Å²) in [5, 5.41) is 12.2. The molecule has 9 nitrogen and oxygen atoms in total. The fraction of sp³-hybridized carbons (Fsp3) is 0.591. The van der Waals surface area contributed by atoms with E-state index >= 15 is 0 Å². The summed E-state index contributed by atoms with van der Waals surface area (Å²) < 4.78 is 12.0. The van der Waals surface area contributed by atoms with Crippen LogP contribution in [0.2, 0.25) is 0 Å². The van der Waals surface area contributed by atoms with Crippen LogP contribution >= 0.6 is 11.3 Å². The Hall–Kier alpha value is -2.43. The van der Waals surface area contributed by atoms with E-state index in [2.05, 4.69) is 21.3 Å². The van der Waals surface area contributed by atoms with Gasteiger partial charge < -0.3 is 19.7 Å². The number of anilines is 2. The van der Waals surface area contributed by atoms with Gasteiger partial charge in [-0.3, -0.25) is 14.8 Å². The largest absolute Gasteiger partial charge is 0.494 e. The third-order valence-corrected chi connectivity index (χ3v) is 7.40. The number of aromatic nitrogens is 1. The van der Waals surface area contributed by atoms with Gasteiger partial charge in [0.2, 0.25) is 11.8 Å². The minimum Gasteiger partial charge on any atom is -0.494 e. The maximum Gasteiger partial charge on any atom is 0.243 e. The molecule has 2 fully saturated rings. The molecule has 2 amide bonds. The number of amides is 2. The molecule has 0 radical (unpaired) electrons. The van der Waals surface area contributed by atoms with Gasteiger partial charge in [-0.25, -0.2) is 10.5 Å². The molecule has 1 aliphatic carbocycles. The van der Waals surface area contributed by atoms with E-state index in [4.69, 9.17) is 14.7 Å². The summed E-state index contributed by atoms with van der Waals surface area (Å²) in [5.41, 5.74) is 3.53. The van der Waals surface area contributed by atoms with Gasteiger partial charge in [0.05, 0.1) is 30.7 Å². The molecule has 0 spiro atoms. The van der Waals surface area contributed by atoms with Gasteiger partial charge in [0.15, 0.2) is 5.13 Å². The number of hydroxylamine groups is 1. The van der Waals surface area contributed by atoms with Crippen molar-refractivity contribution < 1.29 is 24.3 Å². The molecule has 32 heavy (non-hydrogen) atoms. The van der Waals surface area contributed by atoms with Crippen LogP contribution in [0.3, 0.4) is 0 Å². The van der Waals surface area contributed by atoms with Gasteiger partial charge >= 0.3 is 0 Å². The number of thiazole rings is 1. The molecule has 1 saturated heterocycles. The molecule has 0 atom stereocenters. The molecular formula is C22H30N4O5S. The lowest BCUT2D eigenvalue weighted by Crippen LogP contribution is -2.36. The quantitative estimate of drug-likeness (QED) is 0.428. The molecule has 174 valence electrons. The topological polar surface area (TPSA) is 113 Å². The second-order valence-corrected chi connectivity index (χ2v) is 9.36. The normalized spacial score (nSPS) is 21.4. The number of hydrogen-bond acceptors (Lipinski definition) is 8. The first-order valence-electron chi connectivity index (χ1n) is 11.1. The van der Waals surface area contributed by atoms with Crippen LogP contribution in [0, 0.1) is 11.8 Å². The maximum atomic E-state index is 12.9. The van der Waals surface area contributed by atoms with Gasteiger partial charge in [-0.15, -0.1) is 0 Å². The summed E-state index contributed by atoms with van der Waals surface area (Å²) in [4.78, 5) is 31.1. The Balaban J connectivity index is 1.42. The first kappa shape index (κ1) is 22.8. The van der Waals surface area contributed by atoms with Crippen LogP contribution in [0.25, 0.3) is 10.2 Å². The molecule has 1 aromatic carbocycles. The Kier molecular flexibility index (Phi) is 7.44. The van der Waals surface area contributed by atoms with Gasteiger partial charge in [-0.1, -0.05) is 11.3 Å². The van der Waals surface area contributed by atoms with Gasteiger partial charge in [-0.05, 0) is 50.2 Å². The van der Waals surface area contributed by atoms with Crippen LogP contribution in [0.5, 0.6) is 5.75 Å². The molecule has 1 saturated carbocycles. The fourth-order valence-corrected chi connectivity index (χ4v) is 5.58. The lowest BCUT2D eigenvalue weighted by molar-refractivity contribution is -0.129. The molecule has 3 N–H and O–H groups in total. The average molecular weight is 463 g/mol. The number of carbonyl (C=O) groups is 2.